The Morgan fingerprint density at radius 3 is 2.38 bits per heavy atom. The van der Waals surface area contributed by atoms with Gasteiger partial charge in [-0.15, -0.1) is 0 Å². The number of ether oxygens (including phenoxy) is 1. The molecule has 0 saturated heterocycles. The van der Waals surface area contributed by atoms with E-state index in [1.165, 1.54) is 17.0 Å². The molecule has 1 heterocycles. The summed E-state index contributed by atoms with van der Waals surface area (Å²) in [6, 6.07) is 22.0. The third kappa shape index (κ3) is 6.34. The molecule has 0 radical (unpaired) electrons. The van der Waals surface area contributed by atoms with Crippen molar-refractivity contribution in [1.82, 2.24) is 14.5 Å². The minimum atomic E-state index is -3.97. The van der Waals surface area contributed by atoms with Crippen molar-refractivity contribution in [1.29, 1.82) is 0 Å². The highest BCUT2D eigenvalue weighted by Crippen LogP contribution is 2.30. The van der Waals surface area contributed by atoms with Gasteiger partial charge in [0.15, 0.2) is 0 Å². The monoisotopic (exact) mass is 563 g/mol. The molecule has 0 bridgehead atoms. The number of nitrogens with zero attached hydrogens (tertiary/aromatic N) is 2. The van der Waals surface area contributed by atoms with Gasteiger partial charge in [0, 0.05) is 32.5 Å². The van der Waals surface area contributed by atoms with Gasteiger partial charge in [0.05, 0.1) is 12.7 Å². The first-order valence-corrected chi connectivity index (χ1v) is 14.6. The van der Waals surface area contributed by atoms with E-state index >= 15 is 0 Å². The van der Waals surface area contributed by atoms with Crippen molar-refractivity contribution in [3.63, 3.8) is 0 Å². The van der Waals surface area contributed by atoms with E-state index in [4.69, 9.17) is 4.74 Å². The molecular formula is C30H33N3O6S. The van der Waals surface area contributed by atoms with Crippen LogP contribution in [0.4, 0.5) is 0 Å². The molecule has 0 spiro atoms. The summed E-state index contributed by atoms with van der Waals surface area (Å²) in [4.78, 5) is 41.3. The smallest absolute Gasteiger partial charge is 0.269 e. The average Bonchev–Trinajstić information content (AvgIpc) is 3.16. The normalized spacial score (nSPS) is 14.3. The highest BCUT2D eigenvalue weighted by molar-refractivity contribution is 7.90. The van der Waals surface area contributed by atoms with Crippen LogP contribution in [0.3, 0.4) is 0 Å². The minimum Gasteiger partial charge on any atom is -0.497 e. The van der Waals surface area contributed by atoms with E-state index in [9.17, 15) is 22.8 Å². The van der Waals surface area contributed by atoms with Crippen molar-refractivity contribution >= 4 is 27.7 Å². The van der Waals surface area contributed by atoms with Crippen LogP contribution in [-0.4, -0.2) is 61.6 Å². The molecule has 1 aliphatic heterocycles. The number of benzene rings is 3. The lowest BCUT2D eigenvalue weighted by molar-refractivity contribution is -0.141. The standard InChI is InChI=1S/C30H33N3O6S/c1-3-31-29(35)26(20-22-11-5-4-6-12-22)32(21-23-13-9-14-24(19-23)39-2)28(34)17-10-18-33-30(36)25-15-7-8-16-27(25)40(33,37)38/h4-9,11-16,19,26H,3,10,17-18,20-21H2,1-2H3,(H,31,35)/t26-/m0/s1. The zero-order valence-electron chi connectivity index (χ0n) is 22.6. The molecule has 1 N–H and O–H groups in total. The lowest BCUT2D eigenvalue weighted by atomic mass is 10.0. The van der Waals surface area contributed by atoms with E-state index in [1.807, 2.05) is 55.5 Å². The molecule has 3 aromatic rings. The molecule has 0 saturated carbocycles. The van der Waals surface area contributed by atoms with Gasteiger partial charge in [-0.25, -0.2) is 12.7 Å². The predicted molar refractivity (Wildman–Crippen MR) is 150 cm³/mol. The Balaban J connectivity index is 1.56. The highest BCUT2D eigenvalue weighted by atomic mass is 32.2. The molecular weight excluding hydrogens is 530 g/mol. The number of likely N-dealkylation sites (N-methyl/N-ethyl adjacent to an activating group) is 1. The maximum Gasteiger partial charge on any atom is 0.269 e. The van der Waals surface area contributed by atoms with Crippen LogP contribution in [-0.2, 0) is 32.6 Å². The molecule has 0 aliphatic carbocycles. The van der Waals surface area contributed by atoms with Crippen molar-refractivity contribution in [3.8, 4) is 5.75 Å². The van der Waals surface area contributed by atoms with Crippen molar-refractivity contribution in [3.05, 3.63) is 95.6 Å². The zero-order chi connectivity index (χ0) is 28.7. The lowest BCUT2D eigenvalue weighted by Gasteiger charge is -2.32. The van der Waals surface area contributed by atoms with E-state index < -0.39 is 22.0 Å². The average molecular weight is 564 g/mol. The maximum atomic E-state index is 13.7. The van der Waals surface area contributed by atoms with Gasteiger partial charge in [0.25, 0.3) is 15.9 Å². The van der Waals surface area contributed by atoms with E-state index in [0.29, 0.717) is 18.7 Å². The second-order valence-corrected chi connectivity index (χ2v) is 11.3. The fourth-order valence-corrected chi connectivity index (χ4v) is 6.39. The SMILES string of the molecule is CCNC(=O)[C@H](Cc1ccccc1)N(Cc1cccc(OC)c1)C(=O)CCCN1C(=O)c2ccccc2S1(=O)=O. The topological polar surface area (TPSA) is 113 Å². The van der Waals surface area contributed by atoms with Gasteiger partial charge >= 0.3 is 0 Å². The first-order chi connectivity index (χ1) is 19.3. The third-order valence-electron chi connectivity index (χ3n) is 6.77. The molecule has 9 nitrogen and oxygen atoms in total. The Kier molecular flexibility index (Phi) is 9.21. The van der Waals surface area contributed by atoms with Gasteiger partial charge in [-0.1, -0.05) is 54.6 Å². The predicted octanol–water partition coefficient (Wildman–Crippen LogP) is 3.40. The molecule has 0 fully saturated rings. The van der Waals surface area contributed by atoms with Gasteiger partial charge in [0.2, 0.25) is 11.8 Å². The quantitative estimate of drug-likeness (QED) is 0.362. The molecule has 0 aromatic heterocycles. The number of hydrogen-bond donors (Lipinski definition) is 1. The molecule has 3 aromatic carbocycles. The van der Waals surface area contributed by atoms with Crippen LogP contribution < -0.4 is 10.1 Å². The fourth-order valence-electron chi connectivity index (χ4n) is 4.78. The third-order valence-corrected chi connectivity index (χ3v) is 8.61. The second-order valence-electron chi connectivity index (χ2n) is 9.46. The summed E-state index contributed by atoms with van der Waals surface area (Å²) >= 11 is 0. The van der Waals surface area contributed by atoms with E-state index in [1.54, 1.807) is 25.3 Å². The summed E-state index contributed by atoms with van der Waals surface area (Å²) in [5.74, 6) is -0.577. The Morgan fingerprint density at radius 2 is 1.68 bits per heavy atom. The van der Waals surface area contributed by atoms with E-state index in [2.05, 4.69) is 5.32 Å². The molecule has 10 heteroatoms. The summed E-state index contributed by atoms with van der Waals surface area (Å²) in [6.45, 7) is 2.23. The summed E-state index contributed by atoms with van der Waals surface area (Å²) < 4.78 is 32.0. The first-order valence-electron chi connectivity index (χ1n) is 13.2. The number of carbonyl (C=O) groups is 3. The van der Waals surface area contributed by atoms with E-state index in [-0.39, 0.29) is 48.2 Å². The molecule has 3 amide bonds. The van der Waals surface area contributed by atoms with Crippen LogP contribution >= 0.6 is 0 Å². The zero-order valence-corrected chi connectivity index (χ0v) is 23.4. The maximum absolute atomic E-state index is 13.7. The van der Waals surface area contributed by atoms with Crippen LogP contribution in [0.25, 0.3) is 0 Å². The van der Waals surface area contributed by atoms with Crippen LogP contribution in [0.5, 0.6) is 5.75 Å². The Bertz CT molecular complexity index is 1480. The Hall–Kier alpha value is -4.18. The Labute approximate surface area is 234 Å². The van der Waals surface area contributed by atoms with Crippen molar-refractivity contribution in [2.24, 2.45) is 0 Å². The molecule has 40 heavy (non-hydrogen) atoms. The van der Waals surface area contributed by atoms with Gasteiger partial charge in [-0.3, -0.25) is 14.4 Å². The van der Waals surface area contributed by atoms with Crippen LogP contribution in [0, 0.1) is 0 Å². The lowest BCUT2D eigenvalue weighted by Crippen LogP contribution is -2.50. The molecule has 0 unspecified atom stereocenters. The van der Waals surface area contributed by atoms with Crippen LogP contribution in [0.1, 0.15) is 41.3 Å². The minimum absolute atomic E-state index is 0.0230. The largest absolute Gasteiger partial charge is 0.497 e. The van der Waals surface area contributed by atoms with E-state index in [0.717, 1.165) is 15.4 Å². The van der Waals surface area contributed by atoms with Gasteiger partial charge in [-0.2, -0.15) is 0 Å². The van der Waals surface area contributed by atoms with Gasteiger partial charge < -0.3 is 15.0 Å². The van der Waals surface area contributed by atoms with Crippen molar-refractivity contribution in [2.75, 3.05) is 20.2 Å². The van der Waals surface area contributed by atoms with Crippen LogP contribution in [0.15, 0.2) is 83.8 Å². The number of fused-ring (bicyclic) bond motifs is 1. The van der Waals surface area contributed by atoms with Crippen LogP contribution in [0.2, 0.25) is 0 Å². The highest BCUT2D eigenvalue weighted by Gasteiger charge is 2.40. The fraction of sp³-hybridized carbons (Fsp3) is 0.300. The molecule has 1 aliphatic rings. The van der Waals surface area contributed by atoms with Gasteiger partial charge in [-0.05, 0) is 48.7 Å². The summed E-state index contributed by atoms with van der Waals surface area (Å²) in [7, 11) is -2.41. The first kappa shape index (κ1) is 28.8. The number of sulfonamides is 1. The molecule has 1 atom stereocenters. The summed E-state index contributed by atoms with van der Waals surface area (Å²) in [5, 5.41) is 2.85. The number of hydrogen-bond acceptors (Lipinski definition) is 6. The summed E-state index contributed by atoms with van der Waals surface area (Å²) in [5.41, 5.74) is 1.81. The Morgan fingerprint density at radius 1 is 0.975 bits per heavy atom. The molecule has 4 rings (SSSR count). The summed E-state index contributed by atoms with van der Waals surface area (Å²) in [6.07, 6.45) is 0.362. The molecule has 210 valence electrons. The van der Waals surface area contributed by atoms with Crippen molar-refractivity contribution in [2.45, 2.75) is 43.7 Å². The number of amides is 3. The second kappa shape index (κ2) is 12.8. The van der Waals surface area contributed by atoms with Crippen molar-refractivity contribution < 1.29 is 27.5 Å². The number of methoxy groups -OCH3 is 1. The number of rotatable bonds is 12. The number of carbonyl (C=O) groups excluding carboxylic acids is 3. The number of nitrogens with one attached hydrogen (secondary N) is 1. The van der Waals surface area contributed by atoms with Gasteiger partial charge in [0.1, 0.15) is 16.7 Å².